The number of likely N-dealkylation sites (N-methyl/N-ethyl adjacent to an activating group) is 1. The molecule has 6 heteroatoms. The number of guanidine groups is 1. The average molecular weight is 404 g/mol. The predicted molar refractivity (Wildman–Crippen MR) is 122 cm³/mol. The summed E-state index contributed by atoms with van der Waals surface area (Å²) in [6.07, 6.45) is 5.06. The Bertz CT molecular complexity index is 607. The summed E-state index contributed by atoms with van der Waals surface area (Å²) in [5.74, 6) is 0.858. The zero-order valence-electron chi connectivity index (χ0n) is 18.9. The lowest BCUT2D eigenvalue weighted by atomic mass is 10.0. The lowest BCUT2D eigenvalue weighted by Gasteiger charge is -2.33. The highest BCUT2D eigenvalue weighted by Crippen LogP contribution is 2.20. The van der Waals surface area contributed by atoms with Gasteiger partial charge in [0.15, 0.2) is 5.96 Å². The van der Waals surface area contributed by atoms with Crippen molar-refractivity contribution in [3.8, 4) is 0 Å². The third-order valence-electron chi connectivity index (χ3n) is 5.78. The van der Waals surface area contributed by atoms with Crippen molar-refractivity contribution in [1.82, 2.24) is 20.4 Å². The summed E-state index contributed by atoms with van der Waals surface area (Å²) in [6, 6.07) is 9.46. The van der Waals surface area contributed by atoms with E-state index in [1.165, 1.54) is 36.9 Å². The molecule has 1 aliphatic heterocycles. The van der Waals surface area contributed by atoms with E-state index >= 15 is 0 Å². The van der Waals surface area contributed by atoms with Crippen LogP contribution in [0, 0.1) is 0 Å². The van der Waals surface area contributed by atoms with E-state index < -0.39 is 0 Å². The van der Waals surface area contributed by atoms with Gasteiger partial charge in [0.25, 0.3) is 0 Å². The number of rotatable bonds is 11. The minimum atomic E-state index is 0.681. The zero-order chi connectivity index (χ0) is 20.9. The Balaban J connectivity index is 1.79. The Morgan fingerprint density at radius 2 is 2.00 bits per heavy atom. The topological polar surface area (TPSA) is 52.1 Å². The van der Waals surface area contributed by atoms with Gasteiger partial charge < -0.3 is 20.3 Å². The molecule has 0 spiro atoms. The van der Waals surface area contributed by atoms with Gasteiger partial charge in [-0.1, -0.05) is 30.7 Å². The van der Waals surface area contributed by atoms with Crippen molar-refractivity contribution >= 4 is 5.96 Å². The van der Waals surface area contributed by atoms with Crippen LogP contribution in [0.4, 0.5) is 0 Å². The molecule has 164 valence electrons. The van der Waals surface area contributed by atoms with Gasteiger partial charge in [-0.05, 0) is 50.9 Å². The summed E-state index contributed by atoms with van der Waals surface area (Å²) >= 11 is 0. The van der Waals surface area contributed by atoms with Gasteiger partial charge in [0, 0.05) is 59.5 Å². The molecule has 2 N–H and O–H groups in total. The molecule has 0 saturated carbocycles. The average Bonchev–Trinajstić information content (AvgIpc) is 2.73. The van der Waals surface area contributed by atoms with Gasteiger partial charge in [-0.2, -0.15) is 0 Å². The van der Waals surface area contributed by atoms with Crippen LogP contribution in [0.15, 0.2) is 29.3 Å². The molecule has 0 radical (unpaired) electrons. The highest BCUT2D eigenvalue weighted by Gasteiger charge is 2.19. The molecule has 1 aromatic rings. The molecule has 0 bridgehead atoms. The van der Waals surface area contributed by atoms with Crippen LogP contribution in [0.1, 0.15) is 43.7 Å². The number of ether oxygens (including phenoxy) is 1. The highest BCUT2D eigenvalue weighted by molar-refractivity contribution is 5.79. The Hall–Kier alpha value is -1.63. The normalized spacial score (nSPS) is 18.2. The van der Waals surface area contributed by atoms with Crippen LogP contribution < -0.4 is 10.6 Å². The first-order valence-electron chi connectivity index (χ1n) is 11.1. The molecule has 1 saturated heterocycles. The largest absolute Gasteiger partial charge is 0.385 e. The molecule has 0 aliphatic carbocycles. The second-order valence-electron chi connectivity index (χ2n) is 8.09. The summed E-state index contributed by atoms with van der Waals surface area (Å²) in [6.45, 7) is 9.12. The van der Waals surface area contributed by atoms with Crippen molar-refractivity contribution in [2.24, 2.45) is 4.99 Å². The van der Waals surface area contributed by atoms with Crippen LogP contribution in [0.5, 0.6) is 0 Å². The van der Waals surface area contributed by atoms with Gasteiger partial charge in [0.2, 0.25) is 0 Å². The Kier molecular flexibility index (Phi) is 11.1. The maximum Gasteiger partial charge on any atom is 0.191 e. The Morgan fingerprint density at radius 1 is 1.21 bits per heavy atom. The van der Waals surface area contributed by atoms with Crippen molar-refractivity contribution in [2.45, 2.75) is 51.7 Å². The van der Waals surface area contributed by atoms with Gasteiger partial charge in [-0.3, -0.25) is 9.89 Å². The fourth-order valence-electron chi connectivity index (χ4n) is 3.85. The summed E-state index contributed by atoms with van der Waals surface area (Å²) in [5.41, 5.74) is 2.77. The first kappa shape index (κ1) is 23.6. The molecule has 1 aliphatic rings. The fourth-order valence-corrected chi connectivity index (χ4v) is 3.85. The lowest BCUT2D eigenvalue weighted by Crippen LogP contribution is -2.41. The van der Waals surface area contributed by atoms with E-state index in [4.69, 9.17) is 4.74 Å². The minimum Gasteiger partial charge on any atom is -0.385 e. The monoisotopic (exact) mass is 403 g/mol. The third-order valence-corrected chi connectivity index (χ3v) is 5.78. The lowest BCUT2D eigenvalue weighted by molar-refractivity contribution is 0.152. The van der Waals surface area contributed by atoms with Crippen LogP contribution in [-0.4, -0.2) is 75.8 Å². The molecule has 0 aromatic heterocycles. The van der Waals surface area contributed by atoms with Gasteiger partial charge in [0.1, 0.15) is 0 Å². The summed E-state index contributed by atoms with van der Waals surface area (Å²) in [5, 5.41) is 6.91. The van der Waals surface area contributed by atoms with Crippen molar-refractivity contribution in [2.75, 3.05) is 54.0 Å². The van der Waals surface area contributed by atoms with Crippen molar-refractivity contribution in [3.63, 3.8) is 0 Å². The maximum absolute atomic E-state index is 5.12. The molecule has 1 atom stereocenters. The number of piperidine rings is 1. The number of aliphatic imine (C=N–C) groups is 1. The van der Waals surface area contributed by atoms with E-state index in [0.717, 1.165) is 51.7 Å². The predicted octanol–water partition coefficient (Wildman–Crippen LogP) is 2.69. The van der Waals surface area contributed by atoms with E-state index in [9.17, 15) is 0 Å². The molecule has 1 fully saturated rings. The third kappa shape index (κ3) is 8.72. The number of hydrogen-bond donors (Lipinski definition) is 2. The smallest absolute Gasteiger partial charge is 0.191 e. The van der Waals surface area contributed by atoms with Crippen LogP contribution in [-0.2, 0) is 17.8 Å². The first-order valence-corrected chi connectivity index (χ1v) is 11.1. The highest BCUT2D eigenvalue weighted by atomic mass is 16.5. The van der Waals surface area contributed by atoms with E-state index in [1.54, 1.807) is 7.11 Å². The second kappa shape index (κ2) is 13.6. The number of likely N-dealkylation sites (tertiary alicyclic amines) is 1. The Morgan fingerprint density at radius 3 is 2.72 bits per heavy atom. The maximum atomic E-state index is 5.12. The van der Waals surface area contributed by atoms with Crippen LogP contribution in [0.3, 0.4) is 0 Å². The number of benzene rings is 1. The molecule has 1 aromatic carbocycles. The molecule has 29 heavy (non-hydrogen) atoms. The number of nitrogens with zero attached hydrogens (tertiary/aromatic N) is 3. The standard InChI is InChI=1S/C23H41N5O/c1-20-10-7-8-15-28(20)19-22-12-6-5-11-21(22)18-26-23(24-2)25-13-16-27(3)14-9-17-29-4/h5-6,11-12,20H,7-10,13-19H2,1-4H3,(H2,24,25,26). The molecular weight excluding hydrogens is 362 g/mol. The molecule has 1 heterocycles. The van der Waals surface area contributed by atoms with Crippen LogP contribution in [0.25, 0.3) is 0 Å². The second-order valence-corrected chi connectivity index (χ2v) is 8.09. The quantitative estimate of drug-likeness (QED) is 0.338. The minimum absolute atomic E-state index is 0.681. The van der Waals surface area contributed by atoms with E-state index in [-0.39, 0.29) is 0 Å². The Labute approximate surface area is 177 Å². The van der Waals surface area contributed by atoms with E-state index in [2.05, 4.69) is 63.7 Å². The van der Waals surface area contributed by atoms with Gasteiger partial charge >= 0.3 is 0 Å². The molecule has 6 nitrogen and oxygen atoms in total. The number of methoxy groups -OCH3 is 1. The van der Waals surface area contributed by atoms with E-state index in [1.807, 2.05) is 7.05 Å². The SMILES string of the molecule is CN=C(NCCN(C)CCCOC)NCc1ccccc1CN1CCCCC1C. The van der Waals surface area contributed by atoms with Crippen molar-refractivity contribution < 1.29 is 4.74 Å². The number of hydrogen-bond acceptors (Lipinski definition) is 4. The summed E-state index contributed by atoms with van der Waals surface area (Å²) in [4.78, 5) is 9.31. The molecule has 1 unspecified atom stereocenters. The van der Waals surface area contributed by atoms with Crippen molar-refractivity contribution in [3.05, 3.63) is 35.4 Å². The molecule has 0 amide bonds. The van der Waals surface area contributed by atoms with Gasteiger partial charge in [-0.25, -0.2) is 0 Å². The molecule has 2 rings (SSSR count). The summed E-state index contributed by atoms with van der Waals surface area (Å²) in [7, 11) is 5.73. The summed E-state index contributed by atoms with van der Waals surface area (Å²) < 4.78 is 5.12. The van der Waals surface area contributed by atoms with Gasteiger partial charge in [0.05, 0.1) is 0 Å². The van der Waals surface area contributed by atoms with Gasteiger partial charge in [-0.15, -0.1) is 0 Å². The van der Waals surface area contributed by atoms with Crippen LogP contribution in [0.2, 0.25) is 0 Å². The number of nitrogens with one attached hydrogen (secondary N) is 2. The van der Waals surface area contributed by atoms with Crippen LogP contribution >= 0.6 is 0 Å². The zero-order valence-corrected chi connectivity index (χ0v) is 18.9. The van der Waals surface area contributed by atoms with E-state index in [0.29, 0.717) is 6.04 Å². The van der Waals surface area contributed by atoms with Crippen molar-refractivity contribution in [1.29, 1.82) is 0 Å². The molecular formula is C23H41N5O. The fraction of sp³-hybridized carbons (Fsp3) is 0.696. The first-order chi connectivity index (χ1) is 14.1.